The van der Waals surface area contributed by atoms with Gasteiger partial charge in [0.2, 0.25) is 11.6 Å². The molecule has 0 N–H and O–H groups in total. The Hall–Kier alpha value is -2.70. The number of hydrogen-bond acceptors (Lipinski definition) is 5. The van der Waals surface area contributed by atoms with Crippen molar-refractivity contribution < 1.29 is 14.7 Å². The molecule has 0 saturated heterocycles. The molecular formula is C13H11N2O5-. The molecule has 0 saturated carbocycles. The van der Waals surface area contributed by atoms with E-state index in [9.17, 15) is 24.3 Å². The van der Waals surface area contributed by atoms with E-state index in [-0.39, 0.29) is 16.7 Å². The molecule has 0 aliphatic heterocycles. The van der Waals surface area contributed by atoms with E-state index >= 15 is 0 Å². The number of aromatic nitrogens is 2. The third-order valence-electron chi connectivity index (χ3n) is 3.14. The van der Waals surface area contributed by atoms with Gasteiger partial charge in [-0.15, -0.1) is 0 Å². The molecule has 0 radical (unpaired) electrons. The summed E-state index contributed by atoms with van der Waals surface area (Å²) in [6.07, 6.45) is 2.24. The lowest BCUT2D eigenvalue weighted by Gasteiger charge is -2.20. The summed E-state index contributed by atoms with van der Waals surface area (Å²) >= 11 is 0. The van der Waals surface area contributed by atoms with Crippen molar-refractivity contribution in [1.29, 1.82) is 0 Å². The molecule has 2 rings (SSSR count). The first kappa shape index (κ1) is 13.7. The Bertz CT molecular complexity index is 820. The van der Waals surface area contributed by atoms with Crippen LogP contribution >= 0.6 is 0 Å². The van der Waals surface area contributed by atoms with Crippen molar-refractivity contribution in [3.8, 4) is 5.88 Å². The summed E-state index contributed by atoms with van der Waals surface area (Å²) in [7, 11) is 2.47. The van der Waals surface area contributed by atoms with Gasteiger partial charge in [-0.25, -0.2) is 4.79 Å². The summed E-state index contributed by atoms with van der Waals surface area (Å²) in [6.45, 7) is 1.42. The molecule has 20 heavy (non-hydrogen) atoms. The normalized spacial score (nSPS) is 15.2. The molecule has 0 atom stereocenters. The molecule has 1 aromatic heterocycles. The second-order valence-electron chi connectivity index (χ2n) is 4.51. The van der Waals surface area contributed by atoms with Crippen LogP contribution in [0.15, 0.2) is 27.3 Å². The highest BCUT2D eigenvalue weighted by Crippen LogP contribution is 2.23. The van der Waals surface area contributed by atoms with E-state index < -0.39 is 28.7 Å². The summed E-state index contributed by atoms with van der Waals surface area (Å²) in [5.74, 6) is -2.27. The van der Waals surface area contributed by atoms with Gasteiger partial charge in [0.15, 0.2) is 0 Å². The number of Topliss-reactive ketones (excluding diaryl/α,β-unsaturated/α-hetero) is 1. The van der Waals surface area contributed by atoms with Crippen LogP contribution in [0.3, 0.4) is 0 Å². The fourth-order valence-electron chi connectivity index (χ4n) is 1.96. The van der Waals surface area contributed by atoms with E-state index in [2.05, 4.69) is 0 Å². The molecule has 1 aromatic rings. The third-order valence-corrected chi connectivity index (χ3v) is 3.14. The number of carbonyl (C=O) groups is 2. The van der Waals surface area contributed by atoms with Gasteiger partial charge in [-0.1, -0.05) is 0 Å². The van der Waals surface area contributed by atoms with Crippen LogP contribution in [0.2, 0.25) is 0 Å². The lowest BCUT2D eigenvalue weighted by Crippen LogP contribution is -2.40. The van der Waals surface area contributed by atoms with Gasteiger partial charge in [0, 0.05) is 19.7 Å². The monoisotopic (exact) mass is 275 g/mol. The average Bonchev–Trinajstić information content (AvgIpc) is 2.40. The Morgan fingerprint density at radius 2 is 1.60 bits per heavy atom. The molecule has 104 valence electrons. The minimum absolute atomic E-state index is 0.0494. The van der Waals surface area contributed by atoms with Gasteiger partial charge in [0.05, 0.1) is 5.56 Å². The fraction of sp³-hybridized carbons (Fsp3) is 0.231. The highest BCUT2D eigenvalue weighted by atomic mass is 16.3. The van der Waals surface area contributed by atoms with E-state index in [0.29, 0.717) is 0 Å². The zero-order valence-corrected chi connectivity index (χ0v) is 11.1. The molecule has 0 bridgehead atoms. The second-order valence-corrected chi connectivity index (χ2v) is 4.51. The quantitative estimate of drug-likeness (QED) is 0.465. The standard InChI is InChI=1S/C13H12N2O5/c1-6-4-7(5-8(16)10(6)17)9-11(18)14(2)13(20)15(3)12(9)19/h4-5,18H,1-3H3/p-1. The number of carbonyl (C=O) groups excluding carboxylic acids is 2. The molecule has 0 spiro atoms. The molecule has 7 nitrogen and oxygen atoms in total. The molecular weight excluding hydrogens is 264 g/mol. The Kier molecular flexibility index (Phi) is 3.05. The number of nitrogens with zero attached hydrogens (tertiary/aromatic N) is 2. The van der Waals surface area contributed by atoms with Gasteiger partial charge in [-0.05, 0) is 30.5 Å². The topological polar surface area (TPSA) is 101 Å². The Balaban J connectivity index is 2.83. The highest BCUT2D eigenvalue weighted by Gasteiger charge is 2.22. The summed E-state index contributed by atoms with van der Waals surface area (Å²) < 4.78 is 1.56. The molecule has 1 aliphatic rings. The average molecular weight is 275 g/mol. The maximum absolute atomic E-state index is 12.0. The Morgan fingerprint density at radius 3 is 2.15 bits per heavy atom. The van der Waals surface area contributed by atoms with E-state index in [1.54, 1.807) is 0 Å². The Labute approximate surface area is 113 Å². The van der Waals surface area contributed by atoms with E-state index in [1.807, 2.05) is 0 Å². The molecule has 1 heterocycles. The van der Waals surface area contributed by atoms with Crippen molar-refractivity contribution in [1.82, 2.24) is 9.13 Å². The van der Waals surface area contributed by atoms with Gasteiger partial charge >= 0.3 is 5.69 Å². The van der Waals surface area contributed by atoms with Crippen LogP contribution < -0.4 is 16.4 Å². The molecule has 0 unspecified atom stereocenters. The van der Waals surface area contributed by atoms with E-state index in [0.717, 1.165) is 15.2 Å². The van der Waals surface area contributed by atoms with Gasteiger partial charge in [0.1, 0.15) is 0 Å². The van der Waals surface area contributed by atoms with Crippen molar-refractivity contribution in [3.05, 3.63) is 44.1 Å². The van der Waals surface area contributed by atoms with Crippen LogP contribution in [-0.4, -0.2) is 20.7 Å². The Morgan fingerprint density at radius 1 is 1.00 bits per heavy atom. The summed E-state index contributed by atoms with van der Waals surface area (Å²) in [5.41, 5.74) is -1.65. The van der Waals surface area contributed by atoms with Crippen LogP contribution in [0.5, 0.6) is 5.88 Å². The maximum atomic E-state index is 12.0. The second kappa shape index (κ2) is 4.44. The van der Waals surface area contributed by atoms with Gasteiger partial charge < -0.3 is 9.67 Å². The third kappa shape index (κ3) is 1.83. The zero-order chi connectivity index (χ0) is 15.2. The number of hydrogen-bond donors (Lipinski definition) is 0. The molecule has 0 aromatic carbocycles. The van der Waals surface area contributed by atoms with Crippen LogP contribution in [0.25, 0.3) is 5.57 Å². The maximum Gasteiger partial charge on any atom is 0.329 e. The van der Waals surface area contributed by atoms with Crippen molar-refractivity contribution in [3.63, 3.8) is 0 Å². The van der Waals surface area contributed by atoms with Gasteiger partial charge in [0.25, 0.3) is 5.56 Å². The van der Waals surface area contributed by atoms with Crippen molar-refractivity contribution >= 4 is 17.1 Å². The van der Waals surface area contributed by atoms with Crippen molar-refractivity contribution in [2.45, 2.75) is 6.92 Å². The summed E-state index contributed by atoms with van der Waals surface area (Å²) in [6, 6.07) is 0. The predicted octanol–water partition coefficient (Wildman–Crippen LogP) is -1.36. The minimum atomic E-state index is -0.796. The SMILES string of the molecule is CC1=CC(c2c([O-])n(C)c(=O)n(C)c2=O)=CC(=O)C1=O. The number of allylic oxidation sites excluding steroid dienone is 4. The van der Waals surface area contributed by atoms with Crippen LogP contribution in [-0.2, 0) is 23.7 Å². The highest BCUT2D eigenvalue weighted by molar-refractivity contribution is 6.49. The van der Waals surface area contributed by atoms with E-state index in [1.165, 1.54) is 27.1 Å². The van der Waals surface area contributed by atoms with Gasteiger partial charge in [-0.2, -0.15) is 0 Å². The number of rotatable bonds is 1. The lowest BCUT2D eigenvalue weighted by molar-refractivity contribution is -0.280. The predicted molar refractivity (Wildman–Crippen MR) is 68.1 cm³/mol. The largest absolute Gasteiger partial charge is 0.859 e. The molecule has 7 heteroatoms. The smallest absolute Gasteiger partial charge is 0.329 e. The fourth-order valence-corrected chi connectivity index (χ4v) is 1.96. The first-order chi connectivity index (χ1) is 9.25. The first-order valence-corrected chi connectivity index (χ1v) is 5.71. The lowest BCUT2D eigenvalue weighted by atomic mass is 9.94. The van der Waals surface area contributed by atoms with E-state index in [4.69, 9.17) is 0 Å². The zero-order valence-electron chi connectivity index (χ0n) is 11.1. The van der Waals surface area contributed by atoms with Gasteiger partial charge in [-0.3, -0.25) is 19.0 Å². The van der Waals surface area contributed by atoms with Crippen molar-refractivity contribution in [2.75, 3.05) is 0 Å². The summed E-state index contributed by atoms with van der Waals surface area (Å²) in [5, 5.41) is 12.0. The minimum Gasteiger partial charge on any atom is -0.859 e. The first-order valence-electron chi connectivity index (χ1n) is 5.71. The van der Waals surface area contributed by atoms with Crippen molar-refractivity contribution in [2.24, 2.45) is 14.1 Å². The summed E-state index contributed by atoms with van der Waals surface area (Å²) in [4.78, 5) is 46.5. The van der Waals surface area contributed by atoms with Crippen LogP contribution in [0, 0.1) is 0 Å². The number of ketones is 2. The molecule has 0 amide bonds. The molecule has 1 aliphatic carbocycles. The molecule has 0 fully saturated rings. The van der Waals surface area contributed by atoms with Crippen LogP contribution in [0.1, 0.15) is 12.5 Å². The van der Waals surface area contributed by atoms with Crippen LogP contribution in [0.4, 0.5) is 0 Å².